The second kappa shape index (κ2) is 9.48. The van der Waals surface area contributed by atoms with Crippen LogP contribution in [0, 0.1) is 5.92 Å². The highest BCUT2D eigenvalue weighted by molar-refractivity contribution is 5.93. The van der Waals surface area contributed by atoms with Crippen molar-refractivity contribution >= 4 is 17.7 Å². The fraction of sp³-hybridized carbons (Fsp3) is 0.636. The number of amides is 2. The van der Waals surface area contributed by atoms with Crippen molar-refractivity contribution in [3.05, 3.63) is 24.3 Å². The number of benzene rings is 1. The van der Waals surface area contributed by atoms with Crippen molar-refractivity contribution in [2.45, 2.75) is 58.2 Å². The summed E-state index contributed by atoms with van der Waals surface area (Å²) in [4.78, 5) is 26.7. The molecular weight excluding hydrogens is 372 g/mol. The Labute approximate surface area is 172 Å². The summed E-state index contributed by atoms with van der Waals surface area (Å²) >= 11 is 0. The molecule has 2 amide bonds. The lowest BCUT2D eigenvalue weighted by atomic mass is 9.97. The summed E-state index contributed by atoms with van der Waals surface area (Å²) in [5.74, 6) is 0.361. The number of hydrogen-bond acceptors (Lipinski definition) is 5. The third-order valence-electron chi connectivity index (χ3n) is 5.01. The molecule has 29 heavy (non-hydrogen) atoms. The van der Waals surface area contributed by atoms with Crippen LogP contribution >= 0.6 is 0 Å². The molecule has 0 aliphatic carbocycles. The maximum Gasteiger partial charge on any atom is 0.410 e. The summed E-state index contributed by atoms with van der Waals surface area (Å²) in [6.07, 6.45) is 3.41. The second-order valence-electron chi connectivity index (χ2n) is 8.73. The van der Waals surface area contributed by atoms with Crippen LogP contribution in [0.25, 0.3) is 0 Å². The van der Waals surface area contributed by atoms with Crippen molar-refractivity contribution in [2.75, 3.05) is 31.6 Å². The van der Waals surface area contributed by atoms with Gasteiger partial charge in [0.2, 0.25) is 5.91 Å². The molecule has 160 valence electrons. The molecule has 2 heterocycles. The van der Waals surface area contributed by atoms with Crippen LogP contribution in [0.1, 0.15) is 46.5 Å². The lowest BCUT2D eigenvalue weighted by molar-refractivity contribution is -0.121. The van der Waals surface area contributed by atoms with E-state index in [0.29, 0.717) is 31.1 Å². The van der Waals surface area contributed by atoms with Gasteiger partial charge in [0.05, 0.1) is 12.0 Å². The van der Waals surface area contributed by atoms with Crippen LogP contribution in [0.3, 0.4) is 0 Å². The number of hydrogen-bond donors (Lipinski definition) is 1. The van der Waals surface area contributed by atoms with Gasteiger partial charge in [-0.3, -0.25) is 4.79 Å². The predicted molar refractivity (Wildman–Crippen MR) is 110 cm³/mol. The first kappa shape index (κ1) is 21.4. The van der Waals surface area contributed by atoms with E-state index < -0.39 is 5.60 Å². The number of ether oxygens (including phenoxy) is 3. The molecule has 2 fully saturated rings. The zero-order valence-electron chi connectivity index (χ0n) is 17.6. The van der Waals surface area contributed by atoms with E-state index in [0.717, 1.165) is 32.3 Å². The van der Waals surface area contributed by atoms with Crippen LogP contribution in [-0.4, -0.2) is 54.9 Å². The van der Waals surface area contributed by atoms with Crippen molar-refractivity contribution in [1.29, 1.82) is 0 Å². The molecule has 0 bridgehead atoms. The summed E-state index contributed by atoms with van der Waals surface area (Å²) in [5.41, 5.74) is 0.144. The van der Waals surface area contributed by atoms with E-state index in [9.17, 15) is 9.59 Å². The Morgan fingerprint density at radius 3 is 2.79 bits per heavy atom. The van der Waals surface area contributed by atoms with E-state index in [2.05, 4.69) is 5.32 Å². The van der Waals surface area contributed by atoms with E-state index in [1.807, 2.05) is 45.0 Å². The first-order valence-corrected chi connectivity index (χ1v) is 10.4. The minimum Gasteiger partial charge on any atom is -0.491 e. The minimum absolute atomic E-state index is 0.0884. The van der Waals surface area contributed by atoms with Crippen LogP contribution in [0.15, 0.2) is 24.3 Å². The first-order chi connectivity index (χ1) is 13.8. The van der Waals surface area contributed by atoms with Gasteiger partial charge in [-0.15, -0.1) is 0 Å². The molecule has 7 heteroatoms. The average Bonchev–Trinajstić information content (AvgIpc) is 3.19. The van der Waals surface area contributed by atoms with Crippen LogP contribution in [-0.2, 0) is 14.3 Å². The van der Waals surface area contributed by atoms with Crippen molar-refractivity contribution in [2.24, 2.45) is 5.92 Å². The zero-order valence-corrected chi connectivity index (χ0v) is 17.6. The van der Waals surface area contributed by atoms with Crippen molar-refractivity contribution in [1.82, 2.24) is 4.90 Å². The van der Waals surface area contributed by atoms with Gasteiger partial charge in [-0.25, -0.2) is 4.79 Å². The lowest BCUT2D eigenvalue weighted by Gasteiger charge is -2.33. The Hall–Kier alpha value is -2.28. The molecule has 1 N–H and O–H groups in total. The number of carbonyl (C=O) groups excluding carboxylic acids is 2. The first-order valence-electron chi connectivity index (χ1n) is 10.4. The summed E-state index contributed by atoms with van der Waals surface area (Å²) in [6.45, 7) is 7.82. The van der Waals surface area contributed by atoms with E-state index in [1.54, 1.807) is 4.90 Å². The molecule has 2 aliphatic rings. The van der Waals surface area contributed by atoms with Crippen molar-refractivity contribution < 1.29 is 23.8 Å². The maximum atomic E-state index is 12.7. The summed E-state index contributed by atoms with van der Waals surface area (Å²) in [7, 11) is 0. The summed E-state index contributed by atoms with van der Waals surface area (Å²) in [5, 5.41) is 2.96. The molecule has 2 unspecified atom stereocenters. The summed E-state index contributed by atoms with van der Waals surface area (Å²) < 4.78 is 16.8. The Morgan fingerprint density at radius 2 is 2.07 bits per heavy atom. The third-order valence-corrected chi connectivity index (χ3v) is 5.01. The van der Waals surface area contributed by atoms with Gasteiger partial charge in [0.25, 0.3) is 0 Å². The number of nitrogens with zero attached hydrogens (tertiary/aromatic N) is 1. The quantitative estimate of drug-likeness (QED) is 0.807. The molecular formula is C22H32N2O5. The molecule has 7 nitrogen and oxygen atoms in total. The van der Waals surface area contributed by atoms with Gasteiger partial charge in [-0.2, -0.15) is 0 Å². The fourth-order valence-electron chi connectivity index (χ4n) is 3.56. The van der Waals surface area contributed by atoms with Crippen molar-refractivity contribution in [3.63, 3.8) is 0 Å². The van der Waals surface area contributed by atoms with Gasteiger partial charge in [0.1, 0.15) is 18.0 Å². The van der Waals surface area contributed by atoms with E-state index in [-0.39, 0.29) is 24.0 Å². The number of rotatable bonds is 5. The largest absolute Gasteiger partial charge is 0.491 e. The standard InChI is InChI=1S/C22H32N2O5/c1-22(2,3)29-21(26)24-11-5-7-16(14-24)20(25)23-17-8-4-9-18(13-17)28-15-19-10-6-12-27-19/h4,8-9,13,16,19H,5-7,10-12,14-15H2,1-3H3,(H,23,25). The Morgan fingerprint density at radius 1 is 1.24 bits per heavy atom. The Bertz CT molecular complexity index is 709. The molecule has 2 aliphatic heterocycles. The smallest absolute Gasteiger partial charge is 0.410 e. The molecule has 2 saturated heterocycles. The number of anilines is 1. The highest BCUT2D eigenvalue weighted by Crippen LogP contribution is 2.23. The highest BCUT2D eigenvalue weighted by atomic mass is 16.6. The SMILES string of the molecule is CC(C)(C)OC(=O)N1CCCC(C(=O)Nc2cccc(OCC3CCCO3)c2)C1. The van der Waals surface area contributed by atoms with E-state index in [4.69, 9.17) is 14.2 Å². The van der Waals surface area contributed by atoms with Gasteiger partial charge < -0.3 is 24.4 Å². The maximum absolute atomic E-state index is 12.7. The number of carbonyl (C=O) groups is 2. The van der Waals surface area contributed by atoms with Gasteiger partial charge in [0, 0.05) is 31.5 Å². The topological polar surface area (TPSA) is 77.1 Å². The highest BCUT2D eigenvalue weighted by Gasteiger charge is 2.31. The number of piperidine rings is 1. The van der Waals surface area contributed by atoms with E-state index >= 15 is 0 Å². The molecule has 1 aromatic carbocycles. The van der Waals surface area contributed by atoms with Crippen LogP contribution < -0.4 is 10.1 Å². The van der Waals surface area contributed by atoms with Crippen molar-refractivity contribution in [3.8, 4) is 5.75 Å². The molecule has 1 aromatic rings. The van der Waals surface area contributed by atoms with E-state index in [1.165, 1.54) is 0 Å². The van der Waals surface area contributed by atoms with Crippen LogP contribution in [0.5, 0.6) is 5.75 Å². The molecule has 0 radical (unpaired) electrons. The molecule has 0 aromatic heterocycles. The Balaban J connectivity index is 1.52. The minimum atomic E-state index is -0.545. The van der Waals surface area contributed by atoms with Gasteiger partial charge in [-0.05, 0) is 58.6 Å². The van der Waals surface area contributed by atoms with Gasteiger partial charge in [-0.1, -0.05) is 6.07 Å². The van der Waals surface area contributed by atoms with Crippen LogP contribution in [0.4, 0.5) is 10.5 Å². The monoisotopic (exact) mass is 404 g/mol. The normalized spacial score (nSPS) is 22.2. The Kier molecular flexibility index (Phi) is 7.00. The summed E-state index contributed by atoms with van der Waals surface area (Å²) in [6, 6.07) is 7.39. The average molecular weight is 405 g/mol. The van der Waals surface area contributed by atoms with Crippen LogP contribution in [0.2, 0.25) is 0 Å². The molecule has 0 spiro atoms. The second-order valence-corrected chi connectivity index (χ2v) is 8.73. The molecule has 3 rings (SSSR count). The predicted octanol–water partition coefficient (Wildman–Crippen LogP) is 3.83. The number of nitrogens with one attached hydrogen (secondary N) is 1. The lowest BCUT2D eigenvalue weighted by Crippen LogP contribution is -2.45. The third kappa shape index (κ3) is 6.63. The van der Waals surface area contributed by atoms with Gasteiger partial charge >= 0.3 is 6.09 Å². The number of likely N-dealkylation sites (tertiary alicyclic amines) is 1. The molecule has 0 saturated carbocycles. The molecule has 2 atom stereocenters. The zero-order chi connectivity index (χ0) is 20.9. The fourth-order valence-corrected chi connectivity index (χ4v) is 3.56. The van der Waals surface area contributed by atoms with Gasteiger partial charge in [0.15, 0.2) is 0 Å².